The number of aliphatic hydroxyl groups excluding tert-OH is 1. The van der Waals surface area contributed by atoms with Crippen LogP contribution in [0.5, 0.6) is 0 Å². The molecule has 0 aromatic heterocycles. The van der Waals surface area contributed by atoms with Gasteiger partial charge in [0.2, 0.25) is 0 Å². The molecule has 1 saturated heterocycles. The fourth-order valence-corrected chi connectivity index (χ4v) is 3.42. The van der Waals surface area contributed by atoms with Gasteiger partial charge in [0.15, 0.2) is 0 Å². The van der Waals surface area contributed by atoms with Gasteiger partial charge in [-0.2, -0.15) is 0 Å². The lowest BCUT2D eigenvalue weighted by Gasteiger charge is -2.24. The Kier molecular flexibility index (Phi) is 12.8. The van der Waals surface area contributed by atoms with E-state index in [4.69, 9.17) is 14.2 Å². The summed E-state index contributed by atoms with van der Waals surface area (Å²) in [5.74, 6) is 1.21. The van der Waals surface area contributed by atoms with Crippen molar-refractivity contribution in [2.45, 2.75) is 97.4 Å². The summed E-state index contributed by atoms with van der Waals surface area (Å²) in [7, 11) is 0. The third kappa shape index (κ3) is 8.85. The third-order valence-corrected chi connectivity index (χ3v) is 5.47. The van der Waals surface area contributed by atoms with E-state index in [1.807, 2.05) is 0 Å². The zero-order valence-electron chi connectivity index (χ0n) is 17.0. The highest BCUT2D eigenvalue weighted by Crippen LogP contribution is 2.22. The molecule has 0 aromatic rings. The van der Waals surface area contributed by atoms with E-state index in [-0.39, 0.29) is 12.2 Å². The highest BCUT2D eigenvalue weighted by molar-refractivity contribution is 4.85. The average Bonchev–Trinajstić information content (AvgIpc) is 2.98. The molecule has 0 aliphatic carbocycles. The van der Waals surface area contributed by atoms with E-state index in [1.165, 1.54) is 38.5 Å². The predicted octanol–water partition coefficient (Wildman–Crippen LogP) is 4.58. The Hall–Kier alpha value is -0.160. The first-order valence-corrected chi connectivity index (χ1v) is 10.6. The van der Waals surface area contributed by atoms with Gasteiger partial charge in [0, 0.05) is 6.61 Å². The van der Waals surface area contributed by atoms with Crippen LogP contribution in [-0.4, -0.2) is 49.8 Å². The molecule has 2 unspecified atom stereocenters. The van der Waals surface area contributed by atoms with Crippen LogP contribution in [0.2, 0.25) is 0 Å². The summed E-state index contributed by atoms with van der Waals surface area (Å²) in [6, 6.07) is 0. The minimum Gasteiger partial charge on any atom is -0.388 e. The van der Waals surface area contributed by atoms with Gasteiger partial charge in [-0.3, -0.25) is 0 Å². The average molecular weight is 359 g/mol. The Labute approximate surface area is 155 Å². The molecule has 4 nitrogen and oxygen atoms in total. The van der Waals surface area contributed by atoms with Crippen LogP contribution in [0, 0.1) is 11.8 Å². The molecule has 0 saturated carbocycles. The summed E-state index contributed by atoms with van der Waals surface area (Å²) in [5, 5.41) is 10.2. The molecule has 0 amide bonds. The Morgan fingerprint density at radius 1 is 0.960 bits per heavy atom. The topological polar surface area (TPSA) is 47.9 Å². The fraction of sp³-hybridized carbons (Fsp3) is 1.00. The first-order chi connectivity index (χ1) is 12.2. The van der Waals surface area contributed by atoms with Crippen LogP contribution in [0.4, 0.5) is 0 Å². The van der Waals surface area contributed by atoms with Crippen molar-refractivity contribution in [3.05, 3.63) is 0 Å². The molecule has 1 fully saturated rings. The summed E-state index contributed by atoms with van der Waals surface area (Å²) < 4.78 is 17.7. The van der Waals surface area contributed by atoms with Gasteiger partial charge in [-0.1, -0.05) is 66.2 Å². The fourth-order valence-electron chi connectivity index (χ4n) is 3.42. The summed E-state index contributed by atoms with van der Waals surface area (Å²) in [6.45, 7) is 11.3. The summed E-state index contributed by atoms with van der Waals surface area (Å²) >= 11 is 0. The number of rotatable bonds is 15. The maximum atomic E-state index is 10.2. The quantitative estimate of drug-likeness (QED) is 0.465. The van der Waals surface area contributed by atoms with E-state index in [0.29, 0.717) is 31.7 Å². The van der Waals surface area contributed by atoms with Crippen molar-refractivity contribution in [1.82, 2.24) is 0 Å². The lowest BCUT2D eigenvalue weighted by Crippen LogP contribution is -2.37. The van der Waals surface area contributed by atoms with Crippen LogP contribution in [0.3, 0.4) is 0 Å². The van der Waals surface area contributed by atoms with Crippen LogP contribution < -0.4 is 0 Å². The first kappa shape index (κ1) is 22.9. The van der Waals surface area contributed by atoms with Crippen molar-refractivity contribution in [3.63, 3.8) is 0 Å². The van der Waals surface area contributed by atoms with E-state index >= 15 is 0 Å². The largest absolute Gasteiger partial charge is 0.388 e. The molecule has 4 heteroatoms. The van der Waals surface area contributed by atoms with Crippen LogP contribution in [0.1, 0.15) is 79.1 Å². The lowest BCUT2D eigenvalue weighted by atomic mass is 10.00. The van der Waals surface area contributed by atoms with Gasteiger partial charge < -0.3 is 19.3 Å². The number of aliphatic hydroxyl groups is 1. The Morgan fingerprint density at radius 3 is 2.12 bits per heavy atom. The third-order valence-electron chi connectivity index (χ3n) is 5.47. The van der Waals surface area contributed by atoms with Crippen molar-refractivity contribution in [2.75, 3.05) is 26.4 Å². The van der Waals surface area contributed by atoms with Gasteiger partial charge in [-0.15, -0.1) is 0 Å². The maximum absolute atomic E-state index is 10.2. The van der Waals surface area contributed by atoms with E-state index in [0.717, 1.165) is 19.4 Å². The molecule has 1 N–H and O–H groups in total. The van der Waals surface area contributed by atoms with Crippen LogP contribution in [-0.2, 0) is 14.2 Å². The number of hydrogen-bond donors (Lipinski definition) is 1. The van der Waals surface area contributed by atoms with Gasteiger partial charge in [0.05, 0.1) is 19.8 Å². The Morgan fingerprint density at radius 2 is 1.56 bits per heavy atom. The molecule has 25 heavy (non-hydrogen) atoms. The minimum absolute atomic E-state index is 0.137. The Bertz CT molecular complexity index is 310. The molecule has 1 heterocycles. The number of hydrogen-bond acceptors (Lipinski definition) is 4. The summed E-state index contributed by atoms with van der Waals surface area (Å²) in [6.07, 6.45) is 8.78. The van der Waals surface area contributed by atoms with Crippen LogP contribution >= 0.6 is 0 Å². The van der Waals surface area contributed by atoms with Gasteiger partial charge in [0.25, 0.3) is 0 Å². The molecular weight excluding hydrogens is 316 g/mol. The second-order valence-corrected chi connectivity index (χ2v) is 7.61. The molecule has 0 aromatic carbocycles. The van der Waals surface area contributed by atoms with Crippen molar-refractivity contribution >= 4 is 0 Å². The SMILES string of the molecule is CCCCC(CC)COC[C@H]1OC[C@@H](O)[C@H]1OCC(CC)CCCC. The van der Waals surface area contributed by atoms with E-state index in [9.17, 15) is 5.11 Å². The first-order valence-electron chi connectivity index (χ1n) is 10.6. The minimum atomic E-state index is -0.528. The highest BCUT2D eigenvalue weighted by atomic mass is 16.6. The molecular formula is C21H42O4. The van der Waals surface area contributed by atoms with Gasteiger partial charge in [-0.05, 0) is 24.7 Å². The van der Waals surface area contributed by atoms with Crippen molar-refractivity contribution in [1.29, 1.82) is 0 Å². The predicted molar refractivity (Wildman–Crippen MR) is 103 cm³/mol. The van der Waals surface area contributed by atoms with Gasteiger partial charge >= 0.3 is 0 Å². The zero-order chi connectivity index (χ0) is 18.5. The molecule has 1 rings (SSSR count). The highest BCUT2D eigenvalue weighted by Gasteiger charge is 2.37. The molecule has 1 aliphatic heterocycles. The monoisotopic (exact) mass is 358 g/mol. The van der Waals surface area contributed by atoms with E-state index < -0.39 is 6.10 Å². The van der Waals surface area contributed by atoms with Crippen molar-refractivity contribution in [3.8, 4) is 0 Å². The second-order valence-electron chi connectivity index (χ2n) is 7.61. The number of ether oxygens (including phenoxy) is 3. The normalized spacial score (nSPS) is 26.0. The van der Waals surface area contributed by atoms with Crippen LogP contribution in [0.15, 0.2) is 0 Å². The van der Waals surface area contributed by atoms with Crippen molar-refractivity contribution in [2.24, 2.45) is 11.8 Å². The molecule has 0 radical (unpaired) electrons. The van der Waals surface area contributed by atoms with Gasteiger partial charge in [0.1, 0.15) is 18.3 Å². The molecule has 0 bridgehead atoms. The maximum Gasteiger partial charge on any atom is 0.114 e. The van der Waals surface area contributed by atoms with Gasteiger partial charge in [-0.25, -0.2) is 0 Å². The number of unbranched alkanes of at least 4 members (excludes halogenated alkanes) is 2. The molecule has 0 spiro atoms. The molecule has 1 aliphatic rings. The lowest BCUT2D eigenvalue weighted by molar-refractivity contribution is -0.0782. The summed E-state index contributed by atoms with van der Waals surface area (Å²) in [5.41, 5.74) is 0. The van der Waals surface area contributed by atoms with Crippen molar-refractivity contribution < 1.29 is 19.3 Å². The molecule has 150 valence electrons. The second kappa shape index (κ2) is 14.0. The molecule has 5 atom stereocenters. The van der Waals surface area contributed by atoms with E-state index in [2.05, 4.69) is 27.7 Å². The zero-order valence-corrected chi connectivity index (χ0v) is 17.0. The summed E-state index contributed by atoms with van der Waals surface area (Å²) in [4.78, 5) is 0. The Balaban J connectivity index is 2.34. The smallest absolute Gasteiger partial charge is 0.114 e. The van der Waals surface area contributed by atoms with E-state index in [1.54, 1.807) is 0 Å². The standard InChI is InChI=1S/C21H42O4/c1-5-9-11-17(7-3)13-23-16-20-21(19(22)15-24-20)25-14-18(8-4)12-10-6-2/h17-22H,5-16H2,1-4H3/t17?,18?,19-,20-,21-/m1/s1. The van der Waals surface area contributed by atoms with Crippen LogP contribution in [0.25, 0.3) is 0 Å².